The minimum absolute atomic E-state index is 0.0446. The summed E-state index contributed by atoms with van der Waals surface area (Å²) in [6.07, 6.45) is 0. The highest BCUT2D eigenvalue weighted by Gasteiger charge is 2.27. The average Bonchev–Trinajstić information content (AvgIpc) is 3.05. The molecule has 0 fully saturated rings. The monoisotopic (exact) mass is 413 g/mol. The van der Waals surface area contributed by atoms with Crippen molar-refractivity contribution in [1.82, 2.24) is 10.3 Å². The molecule has 26 heavy (non-hydrogen) atoms. The van der Waals surface area contributed by atoms with E-state index in [0.29, 0.717) is 18.0 Å². The summed E-state index contributed by atoms with van der Waals surface area (Å²) in [5, 5.41) is 3.95. The van der Waals surface area contributed by atoms with Crippen molar-refractivity contribution >= 4 is 44.3 Å². The molecule has 0 aliphatic carbocycles. The Hall–Kier alpha value is -2.80. The van der Waals surface area contributed by atoms with Crippen molar-refractivity contribution in [2.75, 3.05) is 18.1 Å². The van der Waals surface area contributed by atoms with Gasteiger partial charge in [0.25, 0.3) is 5.91 Å². The number of fused-ring (bicyclic) bond motifs is 2. The van der Waals surface area contributed by atoms with E-state index in [4.69, 9.17) is 4.74 Å². The molecule has 132 valence electrons. The van der Waals surface area contributed by atoms with Gasteiger partial charge in [0, 0.05) is 15.7 Å². The van der Waals surface area contributed by atoms with E-state index in [2.05, 4.69) is 26.2 Å². The first-order valence-electron chi connectivity index (χ1n) is 8.16. The van der Waals surface area contributed by atoms with Gasteiger partial charge in [-0.1, -0.05) is 34.1 Å². The van der Waals surface area contributed by atoms with Crippen LogP contribution in [0.5, 0.6) is 5.75 Å². The zero-order valence-electron chi connectivity index (χ0n) is 13.8. The van der Waals surface area contributed by atoms with Crippen LogP contribution >= 0.6 is 15.9 Å². The Labute approximate surface area is 158 Å². The number of H-pyrrole nitrogens is 1. The van der Waals surface area contributed by atoms with Crippen LogP contribution in [-0.2, 0) is 16.1 Å². The van der Waals surface area contributed by atoms with Crippen LogP contribution in [0.25, 0.3) is 10.9 Å². The molecule has 2 amide bonds. The predicted octanol–water partition coefficient (Wildman–Crippen LogP) is 2.97. The third-order valence-electron chi connectivity index (χ3n) is 4.23. The molecule has 0 unspecified atom stereocenters. The number of rotatable bonds is 4. The number of amides is 2. The number of aromatic nitrogens is 1. The first-order chi connectivity index (χ1) is 12.6. The van der Waals surface area contributed by atoms with Gasteiger partial charge in [-0.15, -0.1) is 0 Å². The minimum atomic E-state index is -0.236. The normalized spacial score (nSPS) is 13.4. The number of benzene rings is 2. The maximum absolute atomic E-state index is 12.4. The fourth-order valence-corrected chi connectivity index (χ4v) is 3.31. The van der Waals surface area contributed by atoms with Gasteiger partial charge < -0.3 is 15.0 Å². The Bertz CT molecular complexity index is 966. The van der Waals surface area contributed by atoms with Gasteiger partial charge in [-0.2, -0.15) is 0 Å². The van der Waals surface area contributed by atoms with Crippen LogP contribution in [0, 0.1) is 0 Å². The van der Waals surface area contributed by atoms with Gasteiger partial charge in [0.05, 0.1) is 12.2 Å². The van der Waals surface area contributed by atoms with Crippen LogP contribution < -0.4 is 15.0 Å². The molecule has 2 heterocycles. The van der Waals surface area contributed by atoms with E-state index in [0.717, 1.165) is 21.1 Å². The van der Waals surface area contributed by atoms with Gasteiger partial charge in [-0.05, 0) is 35.7 Å². The number of nitrogens with zero attached hydrogens (tertiary/aromatic N) is 1. The number of halogens is 1. The van der Waals surface area contributed by atoms with Crippen molar-refractivity contribution in [3.05, 3.63) is 58.7 Å². The third-order valence-corrected chi connectivity index (χ3v) is 4.72. The Morgan fingerprint density at radius 1 is 1.23 bits per heavy atom. The number of aromatic amines is 1. The molecule has 1 aliphatic heterocycles. The molecule has 0 saturated carbocycles. The molecule has 0 saturated heterocycles. The lowest BCUT2D eigenvalue weighted by Crippen LogP contribution is -2.45. The standard InChI is InChI=1S/C19H16BrN3O3/c20-13-5-6-16-17(8-13)26-11-19(25)23(16)10-18(24)21-9-14-7-12-3-1-2-4-15(12)22-14/h1-8,22H,9-11H2,(H,21,24). The van der Waals surface area contributed by atoms with E-state index in [1.807, 2.05) is 36.4 Å². The minimum Gasteiger partial charge on any atom is -0.482 e. The smallest absolute Gasteiger partial charge is 0.265 e. The molecule has 6 nitrogen and oxygen atoms in total. The zero-order chi connectivity index (χ0) is 18.1. The molecule has 0 radical (unpaired) electrons. The van der Waals surface area contributed by atoms with Crippen LogP contribution in [0.1, 0.15) is 5.69 Å². The maximum atomic E-state index is 12.4. The largest absolute Gasteiger partial charge is 0.482 e. The lowest BCUT2D eigenvalue weighted by atomic mass is 10.2. The summed E-state index contributed by atoms with van der Waals surface area (Å²) >= 11 is 3.38. The van der Waals surface area contributed by atoms with Gasteiger partial charge in [-0.3, -0.25) is 14.5 Å². The molecular weight excluding hydrogens is 398 g/mol. The number of hydrogen-bond acceptors (Lipinski definition) is 3. The van der Waals surface area contributed by atoms with E-state index < -0.39 is 0 Å². The topological polar surface area (TPSA) is 74.4 Å². The second-order valence-electron chi connectivity index (χ2n) is 6.04. The molecule has 1 aromatic heterocycles. The number of hydrogen-bond donors (Lipinski definition) is 2. The van der Waals surface area contributed by atoms with Crippen LogP contribution in [-0.4, -0.2) is 29.9 Å². The molecule has 0 bridgehead atoms. The first kappa shape index (κ1) is 16.7. The van der Waals surface area contributed by atoms with Gasteiger partial charge in [0.1, 0.15) is 12.3 Å². The maximum Gasteiger partial charge on any atom is 0.265 e. The fourth-order valence-electron chi connectivity index (χ4n) is 2.97. The number of para-hydroxylation sites is 1. The summed E-state index contributed by atoms with van der Waals surface area (Å²) < 4.78 is 6.29. The van der Waals surface area contributed by atoms with Gasteiger partial charge in [0.2, 0.25) is 5.91 Å². The summed E-state index contributed by atoms with van der Waals surface area (Å²) in [5.74, 6) is 0.121. The van der Waals surface area contributed by atoms with Gasteiger partial charge in [-0.25, -0.2) is 0 Å². The third kappa shape index (κ3) is 3.30. The summed E-state index contributed by atoms with van der Waals surface area (Å²) in [4.78, 5) is 29.2. The SMILES string of the molecule is O=C(CN1C(=O)COc2cc(Br)ccc21)NCc1cc2ccccc2[nH]1. The van der Waals surface area contributed by atoms with Crippen molar-refractivity contribution in [1.29, 1.82) is 0 Å². The van der Waals surface area contributed by atoms with Crippen LogP contribution in [0.4, 0.5) is 5.69 Å². The molecule has 1 aliphatic rings. The Morgan fingerprint density at radius 2 is 2.08 bits per heavy atom. The number of anilines is 1. The molecular formula is C19H16BrN3O3. The number of carbonyl (C=O) groups excluding carboxylic acids is 2. The Kier molecular flexibility index (Phi) is 4.38. The van der Waals surface area contributed by atoms with Crippen molar-refractivity contribution < 1.29 is 14.3 Å². The molecule has 3 aromatic rings. The van der Waals surface area contributed by atoms with Crippen molar-refractivity contribution in [3.63, 3.8) is 0 Å². The fraction of sp³-hybridized carbons (Fsp3) is 0.158. The average molecular weight is 414 g/mol. The summed E-state index contributed by atoms with van der Waals surface area (Å²) in [6, 6.07) is 15.3. The second-order valence-corrected chi connectivity index (χ2v) is 6.95. The summed E-state index contributed by atoms with van der Waals surface area (Å²) in [6.45, 7) is 0.259. The molecule has 2 aromatic carbocycles. The van der Waals surface area contributed by atoms with E-state index in [9.17, 15) is 9.59 Å². The lowest BCUT2D eigenvalue weighted by molar-refractivity contribution is -0.125. The molecule has 2 N–H and O–H groups in total. The van der Waals surface area contributed by atoms with Crippen molar-refractivity contribution in [2.45, 2.75) is 6.54 Å². The van der Waals surface area contributed by atoms with Crippen molar-refractivity contribution in [3.8, 4) is 5.75 Å². The van der Waals surface area contributed by atoms with Crippen LogP contribution in [0.3, 0.4) is 0 Å². The number of carbonyl (C=O) groups is 2. The highest BCUT2D eigenvalue weighted by Crippen LogP contribution is 2.34. The number of ether oxygens (including phenoxy) is 1. The predicted molar refractivity (Wildman–Crippen MR) is 102 cm³/mol. The van der Waals surface area contributed by atoms with Gasteiger partial charge >= 0.3 is 0 Å². The Balaban J connectivity index is 1.44. The van der Waals surface area contributed by atoms with Crippen LogP contribution in [0.2, 0.25) is 0 Å². The highest BCUT2D eigenvalue weighted by atomic mass is 79.9. The van der Waals surface area contributed by atoms with Crippen molar-refractivity contribution in [2.24, 2.45) is 0 Å². The van der Waals surface area contributed by atoms with E-state index in [-0.39, 0.29) is 25.0 Å². The number of nitrogens with one attached hydrogen (secondary N) is 2. The van der Waals surface area contributed by atoms with Crippen LogP contribution in [0.15, 0.2) is 53.0 Å². The quantitative estimate of drug-likeness (QED) is 0.690. The molecule has 4 rings (SSSR count). The second kappa shape index (κ2) is 6.84. The van der Waals surface area contributed by atoms with E-state index >= 15 is 0 Å². The zero-order valence-corrected chi connectivity index (χ0v) is 15.4. The lowest BCUT2D eigenvalue weighted by Gasteiger charge is -2.28. The molecule has 0 spiro atoms. The first-order valence-corrected chi connectivity index (χ1v) is 8.95. The Morgan fingerprint density at radius 3 is 2.92 bits per heavy atom. The highest BCUT2D eigenvalue weighted by molar-refractivity contribution is 9.10. The summed E-state index contributed by atoms with van der Waals surface area (Å²) in [7, 11) is 0. The van der Waals surface area contributed by atoms with E-state index in [1.54, 1.807) is 12.1 Å². The molecule has 0 atom stereocenters. The summed E-state index contributed by atoms with van der Waals surface area (Å²) in [5.41, 5.74) is 2.54. The van der Waals surface area contributed by atoms with Gasteiger partial charge in [0.15, 0.2) is 6.61 Å². The van der Waals surface area contributed by atoms with E-state index in [1.165, 1.54) is 4.90 Å². The molecule has 7 heteroatoms.